The summed E-state index contributed by atoms with van der Waals surface area (Å²) in [5, 5.41) is 20.9. The number of nitrogens with zero attached hydrogens (tertiary/aromatic N) is 1. The van der Waals surface area contributed by atoms with E-state index in [-0.39, 0.29) is 5.91 Å². The van der Waals surface area contributed by atoms with Crippen molar-refractivity contribution in [3.8, 4) is 6.07 Å². The Morgan fingerprint density at radius 2 is 2.16 bits per heavy atom. The van der Waals surface area contributed by atoms with Crippen molar-refractivity contribution in [2.75, 3.05) is 6.54 Å². The maximum atomic E-state index is 11.5. The Hall–Kier alpha value is -2.12. The summed E-state index contributed by atoms with van der Waals surface area (Å²) in [4.78, 5) is 11.5. The molecule has 2 N–H and O–H groups in total. The zero-order chi connectivity index (χ0) is 13.7. The average molecular weight is 256 g/mol. The molecule has 1 aromatic carbocycles. The minimum absolute atomic E-state index is 0.218. The largest absolute Gasteiger partial charge is 0.391 e. The molecule has 98 valence electrons. The van der Waals surface area contributed by atoms with Crippen molar-refractivity contribution >= 4 is 12.0 Å². The molecule has 1 fully saturated rings. The standard InChI is InChI=1S/C15H16N2O2/c16-9-12-3-1-11(2-4-12)5-8-15(19)17-10-14(18)13-6-7-13/h1-5,8,13-14,18H,6-7,10H2,(H,17,19)/b8-5+. The molecule has 0 bridgehead atoms. The fourth-order valence-electron chi connectivity index (χ4n) is 1.75. The Bertz CT molecular complexity index is 510. The highest BCUT2D eigenvalue weighted by molar-refractivity contribution is 5.91. The molecule has 1 aliphatic carbocycles. The number of hydrogen-bond donors (Lipinski definition) is 2. The molecule has 2 rings (SSSR count). The van der Waals surface area contributed by atoms with Gasteiger partial charge in [-0.25, -0.2) is 0 Å². The molecule has 1 saturated carbocycles. The zero-order valence-corrected chi connectivity index (χ0v) is 10.5. The van der Waals surface area contributed by atoms with Gasteiger partial charge in [0, 0.05) is 12.6 Å². The summed E-state index contributed by atoms with van der Waals surface area (Å²) in [5.41, 5.74) is 1.45. The molecule has 4 heteroatoms. The van der Waals surface area contributed by atoms with Crippen LogP contribution in [0.1, 0.15) is 24.0 Å². The van der Waals surface area contributed by atoms with Crippen LogP contribution >= 0.6 is 0 Å². The molecular formula is C15H16N2O2. The van der Waals surface area contributed by atoms with Crippen molar-refractivity contribution in [1.82, 2.24) is 5.32 Å². The lowest BCUT2D eigenvalue weighted by Crippen LogP contribution is -2.31. The quantitative estimate of drug-likeness (QED) is 0.783. The number of carbonyl (C=O) groups is 1. The summed E-state index contributed by atoms with van der Waals surface area (Å²) in [7, 11) is 0. The van der Waals surface area contributed by atoms with Gasteiger partial charge in [-0.3, -0.25) is 4.79 Å². The third kappa shape index (κ3) is 4.23. The number of carbonyl (C=O) groups excluding carboxylic acids is 1. The molecule has 1 amide bonds. The van der Waals surface area contributed by atoms with Crippen LogP contribution in [0, 0.1) is 17.2 Å². The summed E-state index contributed by atoms with van der Waals surface area (Å²) < 4.78 is 0. The minimum atomic E-state index is -0.424. The predicted octanol–water partition coefficient (Wildman–Crippen LogP) is 1.46. The van der Waals surface area contributed by atoms with Gasteiger partial charge in [-0.1, -0.05) is 12.1 Å². The molecule has 4 nitrogen and oxygen atoms in total. The molecule has 1 aliphatic rings. The number of aliphatic hydroxyl groups excluding tert-OH is 1. The average Bonchev–Trinajstić information content (AvgIpc) is 3.27. The van der Waals surface area contributed by atoms with E-state index in [0.29, 0.717) is 18.0 Å². The molecule has 0 spiro atoms. The number of nitrogens with one attached hydrogen (secondary N) is 1. The zero-order valence-electron chi connectivity index (χ0n) is 10.5. The fraction of sp³-hybridized carbons (Fsp3) is 0.333. The number of rotatable bonds is 5. The topological polar surface area (TPSA) is 73.1 Å². The summed E-state index contributed by atoms with van der Waals surface area (Å²) in [6.45, 7) is 0.307. The van der Waals surface area contributed by atoms with Crippen molar-refractivity contribution in [3.63, 3.8) is 0 Å². The minimum Gasteiger partial charge on any atom is -0.391 e. The third-order valence-corrected chi connectivity index (χ3v) is 3.12. The Kier molecular flexibility index (Phi) is 4.32. The number of aliphatic hydroxyl groups is 1. The van der Waals surface area contributed by atoms with Crippen LogP contribution in [0.5, 0.6) is 0 Å². The van der Waals surface area contributed by atoms with Crippen molar-refractivity contribution in [2.24, 2.45) is 5.92 Å². The van der Waals surface area contributed by atoms with E-state index in [0.717, 1.165) is 18.4 Å². The van der Waals surface area contributed by atoms with Gasteiger partial charge in [0.2, 0.25) is 5.91 Å². The first-order valence-electron chi connectivity index (χ1n) is 6.33. The van der Waals surface area contributed by atoms with Gasteiger partial charge in [0.15, 0.2) is 0 Å². The van der Waals surface area contributed by atoms with E-state index in [1.54, 1.807) is 30.3 Å². The van der Waals surface area contributed by atoms with E-state index in [9.17, 15) is 9.90 Å². The molecule has 0 heterocycles. The first-order chi connectivity index (χ1) is 9.19. The highest BCUT2D eigenvalue weighted by atomic mass is 16.3. The third-order valence-electron chi connectivity index (χ3n) is 3.12. The van der Waals surface area contributed by atoms with Gasteiger partial charge >= 0.3 is 0 Å². The summed E-state index contributed by atoms with van der Waals surface area (Å²) in [6, 6.07) is 9.00. The Morgan fingerprint density at radius 3 is 2.74 bits per heavy atom. The lowest BCUT2D eigenvalue weighted by Gasteiger charge is -2.08. The molecule has 0 aliphatic heterocycles. The van der Waals surface area contributed by atoms with Crippen LogP contribution in [0.3, 0.4) is 0 Å². The molecule has 1 aromatic rings. The number of benzene rings is 1. The summed E-state index contributed by atoms with van der Waals surface area (Å²) >= 11 is 0. The van der Waals surface area contributed by atoms with Crippen LogP contribution < -0.4 is 5.32 Å². The van der Waals surface area contributed by atoms with Gasteiger partial charge in [-0.15, -0.1) is 0 Å². The van der Waals surface area contributed by atoms with Gasteiger partial charge in [-0.05, 0) is 42.5 Å². The Labute approximate surface area is 112 Å². The van der Waals surface area contributed by atoms with Crippen LogP contribution in [0.25, 0.3) is 6.08 Å². The monoisotopic (exact) mass is 256 g/mol. The van der Waals surface area contributed by atoms with Crippen molar-refractivity contribution in [3.05, 3.63) is 41.5 Å². The molecule has 0 radical (unpaired) electrons. The van der Waals surface area contributed by atoms with Crippen molar-refractivity contribution in [1.29, 1.82) is 5.26 Å². The summed E-state index contributed by atoms with van der Waals surface area (Å²) in [5.74, 6) is 0.145. The molecule has 19 heavy (non-hydrogen) atoms. The lowest BCUT2D eigenvalue weighted by molar-refractivity contribution is -0.116. The summed E-state index contributed by atoms with van der Waals surface area (Å²) in [6.07, 6.45) is 4.80. The van der Waals surface area contributed by atoms with E-state index in [2.05, 4.69) is 5.32 Å². The first-order valence-corrected chi connectivity index (χ1v) is 6.33. The Morgan fingerprint density at radius 1 is 1.47 bits per heavy atom. The highest BCUT2D eigenvalue weighted by Gasteiger charge is 2.29. The van der Waals surface area contributed by atoms with Crippen LogP contribution in [-0.2, 0) is 4.79 Å². The number of hydrogen-bond acceptors (Lipinski definition) is 3. The van der Waals surface area contributed by atoms with Crippen LogP contribution in [0.4, 0.5) is 0 Å². The normalized spacial score (nSPS) is 16.0. The van der Waals surface area contributed by atoms with Crippen LogP contribution in [0.2, 0.25) is 0 Å². The first kappa shape index (κ1) is 13.3. The number of nitriles is 1. The van der Waals surface area contributed by atoms with Crippen LogP contribution in [-0.4, -0.2) is 23.7 Å². The highest BCUT2D eigenvalue weighted by Crippen LogP contribution is 2.32. The Balaban J connectivity index is 1.80. The molecule has 0 aromatic heterocycles. The van der Waals surface area contributed by atoms with E-state index >= 15 is 0 Å². The SMILES string of the molecule is N#Cc1ccc(/C=C/C(=O)NCC(O)C2CC2)cc1. The van der Waals surface area contributed by atoms with Crippen LogP contribution in [0.15, 0.2) is 30.3 Å². The van der Waals surface area contributed by atoms with Gasteiger partial charge < -0.3 is 10.4 Å². The predicted molar refractivity (Wildman–Crippen MR) is 71.9 cm³/mol. The van der Waals surface area contributed by atoms with Crippen molar-refractivity contribution < 1.29 is 9.90 Å². The maximum absolute atomic E-state index is 11.5. The van der Waals surface area contributed by atoms with E-state index in [4.69, 9.17) is 5.26 Å². The molecule has 1 atom stereocenters. The van der Waals surface area contributed by atoms with Gasteiger partial charge in [0.05, 0.1) is 17.7 Å². The van der Waals surface area contributed by atoms with Gasteiger partial charge in [0.25, 0.3) is 0 Å². The van der Waals surface area contributed by atoms with E-state index < -0.39 is 6.10 Å². The van der Waals surface area contributed by atoms with Crippen molar-refractivity contribution in [2.45, 2.75) is 18.9 Å². The van der Waals surface area contributed by atoms with E-state index in [1.165, 1.54) is 6.08 Å². The fourth-order valence-corrected chi connectivity index (χ4v) is 1.75. The maximum Gasteiger partial charge on any atom is 0.244 e. The lowest BCUT2D eigenvalue weighted by atomic mass is 10.1. The number of amides is 1. The van der Waals surface area contributed by atoms with E-state index in [1.807, 2.05) is 6.07 Å². The van der Waals surface area contributed by atoms with Gasteiger partial charge in [0.1, 0.15) is 0 Å². The molecule has 1 unspecified atom stereocenters. The second-order valence-corrected chi connectivity index (χ2v) is 4.72. The molecular weight excluding hydrogens is 240 g/mol. The smallest absolute Gasteiger partial charge is 0.244 e. The van der Waals surface area contributed by atoms with Gasteiger partial charge in [-0.2, -0.15) is 5.26 Å². The second-order valence-electron chi connectivity index (χ2n) is 4.72. The second kappa shape index (κ2) is 6.17. The molecule has 0 saturated heterocycles.